The first-order valence-electron chi connectivity index (χ1n) is 7.97. The first kappa shape index (κ1) is 19.0. The zero-order chi connectivity index (χ0) is 19.2. The monoisotopic (exact) mass is 400 g/mol. The molecular weight excluding hydrogens is 386 g/mol. The van der Waals surface area contributed by atoms with Crippen molar-refractivity contribution in [3.05, 3.63) is 75.4 Å². The Balaban J connectivity index is 1.81. The van der Waals surface area contributed by atoms with Gasteiger partial charge in [-0.15, -0.1) is 5.10 Å². The van der Waals surface area contributed by atoms with E-state index in [1.807, 2.05) is 18.2 Å². The number of halogens is 1. The van der Waals surface area contributed by atoms with Crippen molar-refractivity contribution in [2.24, 2.45) is 0 Å². The lowest BCUT2D eigenvalue weighted by molar-refractivity contribution is -0.297. The highest BCUT2D eigenvalue weighted by Gasteiger charge is 2.09. The average Bonchev–Trinajstić information content (AvgIpc) is 3.06. The van der Waals surface area contributed by atoms with Gasteiger partial charge in [-0.25, -0.2) is 4.98 Å². The SMILES string of the molecule is Cc1nc(S/C(=C/c2ccccc2OCc2ccc(Cl)cc2)C(=O)[O-])n[nH]1. The number of hydrogen-bond donors (Lipinski definition) is 1. The van der Waals surface area contributed by atoms with Gasteiger partial charge < -0.3 is 14.6 Å². The molecule has 0 amide bonds. The predicted molar refractivity (Wildman–Crippen MR) is 102 cm³/mol. The minimum atomic E-state index is -1.31. The second kappa shape index (κ2) is 8.75. The van der Waals surface area contributed by atoms with Gasteiger partial charge in [-0.3, -0.25) is 5.10 Å². The van der Waals surface area contributed by atoms with Crippen LogP contribution in [-0.2, 0) is 11.4 Å². The van der Waals surface area contributed by atoms with Gasteiger partial charge in [0.05, 0.1) is 5.97 Å². The van der Waals surface area contributed by atoms with Crippen molar-refractivity contribution in [2.75, 3.05) is 0 Å². The summed E-state index contributed by atoms with van der Waals surface area (Å²) in [6.07, 6.45) is 1.49. The molecule has 27 heavy (non-hydrogen) atoms. The maximum atomic E-state index is 11.5. The molecule has 2 aromatic carbocycles. The number of carbonyl (C=O) groups excluding carboxylic acids is 1. The third-order valence-corrected chi connectivity index (χ3v) is 4.61. The Labute approximate surface area is 165 Å². The molecule has 1 heterocycles. The number of rotatable bonds is 7. The van der Waals surface area contributed by atoms with E-state index < -0.39 is 5.97 Å². The number of benzene rings is 2. The summed E-state index contributed by atoms with van der Waals surface area (Å²) in [5.74, 6) is -0.158. The van der Waals surface area contributed by atoms with Gasteiger partial charge in [0.15, 0.2) is 0 Å². The second-order valence-electron chi connectivity index (χ2n) is 5.55. The van der Waals surface area contributed by atoms with Crippen molar-refractivity contribution < 1.29 is 14.6 Å². The summed E-state index contributed by atoms with van der Waals surface area (Å²) in [5, 5.41) is 19.1. The highest BCUT2D eigenvalue weighted by atomic mass is 35.5. The molecule has 0 saturated heterocycles. The minimum Gasteiger partial charge on any atom is -0.544 e. The van der Waals surface area contributed by atoms with Gasteiger partial charge in [0, 0.05) is 15.5 Å². The molecule has 0 aliphatic heterocycles. The van der Waals surface area contributed by atoms with E-state index in [0.717, 1.165) is 17.3 Å². The number of nitrogens with one attached hydrogen (secondary N) is 1. The number of H-pyrrole nitrogens is 1. The van der Waals surface area contributed by atoms with Crippen LogP contribution in [0.2, 0.25) is 5.02 Å². The molecule has 0 saturated carbocycles. The van der Waals surface area contributed by atoms with Crippen LogP contribution in [0.3, 0.4) is 0 Å². The number of carboxylic acids is 1. The minimum absolute atomic E-state index is 0.0171. The van der Waals surface area contributed by atoms with Crippen molar-refractivity contribution in [2.45, 2.75) is 18.7 Å². The molecule has 0 aliphatic rings. The van der Waals surface area contributed by atoms with Gasteiger partial charge in [0.1, 0.15) is 18.2 Å². The number of ether oxygens (including phenoxy) is 1. The Morgan fingerprint density at radius 1 is 1.26 bits per heavy atom. The maximum Gasteiger partial charge on any atom is 0.213 e. The Hall–Kier alpha value is -2.77. The number of carbonyl (C=O) groups is 1. The highest BCUT2D eigenvalue weighted by molar-refractivity contribution is 8.04. The molecule has 3 aromatic rings. The molecule has 0 bridgehead atoms. The molecule has 0 atom stereocenters. The van der Waals surface area contributed by atoms with Crippen molar-refractivity contribution in [1.29, 1.82) is 0 Å². The first-order chi connectivity index (χ1) is 13.0. The van der Waals surface area contributed by atoms with Crippen LogP contribution in [0.1, 0.15) is 17.0 Å². The third-order valence-electron chi connectivity index (χ3n) is 3.49. The molecule has 0 radical (unpaired) electrons. The summed E-state index contributed by atoms with van der Waals surface area (Å²) in [6.45, 7) is 2.06. The largest absolute Gasteiger partial charge is 0.544 e. The third kappa shape index (κ3) is 5.35. The molecule has 8 heteroatoms. The molecule has 0 fully saturated rings. The van der Waals surface area contributed by atoms with Crippen LogP contribution in [0.25, 0.3) is 6.08 Å². The number of thioether (sulfide) groups is 1. The summed E-state index contributed by atoms with van der Waals surface area (Å²) < 4.78 is 5.85. The van der Waals surface area contributed by atoms with Crippen molar-refractivity contribution in [1.82, 2.24) is 15.2 Å². The van der Waals surface area contributed by atoms with Gasteiger partial charge in [-0.1, -0.05) is 41.9 Å². The first-order valence-corrected chi connectivity index (χ1v) is 9.17. The van der Waals surface area contributed by atoms with Gasteiger partial charge in [0.2, 0.25) is 5.16 Å². The highest BCUT2D eigenvalue weighted by Crippen LogP contribution is 2.29. The number of carboxylic acid groups (broad SMARTS) is 1. The summed E-state index contributed by atoms with van der Waals surface area (Å²) in [5.41, 5.74) is 1.56. The van der Waals surface area contributed by atoms with Gasteiger partial charge in [0.25, 0.3) is 0 Å². The van der Waals surface area contributed by atoms with Crippen LogP contribution in [0, 0.1) is 6.92 Å². The fourth-order valence-corrected chi connectivity index (χ4v) is 3.08. The summed E-state index contributed by atoms with van der Waals surface area (Å²) in [6, 6.07) is 14.5. The standard InChI is InChI=1S/C19H16ClN3O3S/c1-12-21-19(23-22-12)27-17(18(24)25)10-14-4-2-3-5-16(14)26-11-13-6-8-15(20)9-7-13/h2-10H,11H2,1H3,(H,24,25)(H,21,22,23)/p-1/b17-10+. The van der Waals surface area contributed by atoms with Crippen molar-refractivity contribution in [3.8, 4) is 5.75 Å². The van der Waals surface area contributed by atoms with E-state index in [4.69, 9.17) is 16.3 Å². The topological polar surface area (TPSA) is 90.9 Å². The number of aryl methyl sites for hydroxylation is 1. The van der Waals surface area contributed by atoms with E-state index in [0.29, 0.717) is 33.9 Å². The number of para-hydroxylation sites is 1. The van der Waals surface area contributed by atoms with Crippen molar-refractivity contribution >= 4 is 35.4 Å². The van der Waals surface area contributed by atoms with E-state index in [1.165, 1.54) is 6.08 Å². The zero-order valence-electron chi connectivity index (χ0n) is 14.3. The molecule has 1 N–H and O–H groups in total. The van der Waals surface area contributed by atoms with E-state index in [9.17, 15) is 9.90 Å². The second-order valence-corrected chi connectivity index (χ2v) is 7.00. The van der Waals surface area contributed by atoms with Crippen LogP contribution >= 0.6 is 23.4 Å². The Morgan fingerprint density at radius 3 is 2.67 bits per heavy atom. The van der Waals surface area contributed by atoms with Crippen LogP contribution in [0.15, 0.2) is 58.6 Å². The van der Waals surface area contributed by atoms with E-state index in [2.05, 4.69) is 15.2 Å². The molecule has 3 rings (SSSR count). The summed E-state index contributed by atoms with van der Waals surface area (Å²) >= 11 is 6.80. The Kier molecular flexibility index (Phi) is 6.16. The average molecular weight is 401 g/mol. The lowest BCUT2D eigenvalue weighted by Gasteiger charge is -2.11. The van der Waals surface area contributed by atoms with E-state index >= 15 is 0 Å². The van der Waals surface area contributed by atoms with Crippen molar-refractivity contribution in [3.63, 3.8) is 0 Å². The van der Waals surface area contributed by atoms with Crippen LogP contribution < -0.4 is 9.84 Å². The number of aliphatic carboxylic acids is 1. The Bertz CT molecular complexity index is 970. The lowest BCUT2D eigenvalue weighted by Crippen LogP contribution is -2.23. The Morgan fingerprint density at radius 2 is 2.00 bits per heavy atom. The molecule has 138 valence electrons. The fourth-order valence-electron chi connectivity index (χ4n) is 2.21. The van der Waals surface area contributed by atoms with Gasteiger partial charge in [-0.2, -0.15) is 0 Å². The van der Waals surface area contributed by atoms with Crippen LogP contribution in [-0.4, -0.2) is 21.2 Å². The number of nitrogens with zero attached hydrogens (tertiary/aromatic N) is 2. The summed E-state index contributed by atoms with van der Waals surface area (Å²) in [4.78, 5) is 15.6. The molecule has 0 spiro atoms. The van der Waals surface area contributed by atoms with E-state index in [-0.39, 0.29) is 4.91 Å². The van der Waals surface area contributed by atoms with Crippen LogP contribution in [0.4, 0.5) is 0 Å². The quantitative estimate of drug-likeness (QED) is 0.483. The normalized spacial score (nSPS) is 11.4. The number of aromatic amines is 1. The molecule has 1 aromatic heterocycles. The smallest absolute Gasteiger partial charge is 0.213 e. The molecule has 0 aliphatic carbocycles. The van der Waals surface area contributed by atoms with Gasteiger partial charge >= 0.3 is 0 Å². The number of hydrogen-bond acceptors (Lipinski definition) is 6. The summed E-state index contributed by atoms with van der Waals surface area (Å²) in [7, 11) is 0. The fraction of sp³-hybridized carbons (Fsp3) is 0.105. The predicted octanol–water partition coefficient (Wildman–Crippen LogP) is 3.23. The zero-order valence-corrected chi connectivity index (χ0v) is 15.9. The lowest BCUT2D eigenvalue weighted by atomic mass is 10.2. The number of aromatic nitrogens is 3. The van der Waals surface area contributed by atoms with Gasteiger partial charge in [-0.05, 0) is 48.5 Å². The van der Waals surface area contributed by atoms with Crippen LogP contribution in [0.5, 0.6) is 5.75 Å². The molecular formula is C19H15ClN3O3S-. The maximum absolute atomic E-state index is 11.5. The van der Waals surface area contributed by atoms with E-state index in [1.54, 1.807) is 37.3 Å². The molecule has 6 nitrogen and oxygen atoms in total. The molecule has 0 unspecified atom stereocenters.